The van der Waals surface area contributed by atoms with Gasteiger partial charge >= 0.3 is 0 Å². The lowest BCUT2D eigenvalue weighted by molar-refractivity contribution is 0.290. The minimum absolute atomic E-state index is 0.0794. The van der Waals surface area contributed by atoms with E-state index < -0.39 is 0 Å². The highest BCUT2D eigenvalue weighted by molar-refractivity contribution is 5.79. The van der Waals surface area contributed by atoms with Gasteiger partial charge in [0, 0.05) is 28.3 Å². The highest BCUT2D eigenvalue weighted by Gasteiger charge is 2.33. The lowest BCUT2D eigenvalue weighted by Gasteiger charge is -2.16. The Morgan fingerprint density at radius 3 is 2.61 bits per heavy atom. The normalized spacial score (nSPS) is 14.8. The number of aryl methyl sites for hydroxylation is 1. The number of benzene rings is 2. The number of hydrogen-bond donors (Lipinski definition) is 1. The van der Waals surface area contributed by atoms with Gasteiger partial charge in [0.2, 0.25) is 0 Å². The third-order valence-corrected chi connectivity index (χ3v) is 5.40. The van der Waals surface area contributed by atoms with Crippen molar-refractivity contribution in [3.8, 4) is 16.9 Å². The first-order chi connectivity index (χ1) is 13.5. The average molecular weight is 371 g/mol. The van der Waals surface area contributed by atoms with E-state index in [1.165, 1.54) is 5.56 Å². The molecule has 2 aromatic carbocycles. The molecule has 1 aliphatic heterocycles. The van der Waals surface area contributed by atoms with Crippen LogP contribution in [0.3, 0.4) is 0 Å². The van der Waals surface area contributed by atoms with Crippen LogP contribution in [0.1, 0.15) is 43.0 Å². The standard InChI is InChI=1S/C25H25NO2/c1-4-17-7-9-18(10-8-17)11-12-19-14-20(21-6-5-13-26-24(21)27)15-22-23(19)28-16-25(22,2)3/h5-15H,4,16H2,1-3H3,(H,26,27). The molecule has 0 aliphatic carbocycles. The maximum atomic E-state index is 12.3. The van der Waals surface area contributed by atoms with Gasteiger partial charge in [0.05, 0.1) is 6.61 Å². The van der Waals surface area contributed by atoms with Crippen molar-refractivity contribution in [1.29, 1.82) is 0 Å². The minimum atomic E-state index is -0.0851. The monoisotopic (exact) mass is 371 g/mol. The number of pyridine rings is 1. The van der Waals surface area contributed by atoms with Crippen molar-refractivity contribution in [2.24, 2.45) is 0 Å². The molecule has 0 atom stereocenters. The summed E-state index contributed by atoms with van der Waals surface area (Å²) in [5.74, 6) is 0.919. The van der Waals surface area contributed by atoms with Gasteiger partial charge in [0.25, 0.3) is 5.56 Å². The molecule has 1 aliphatic rings. The van der Waals surface area contributed by atoms with E-state index in [4.69, 9.17) is 4.74 Å². The maximum Gasteiger partial charge on any atom is 0.255 e. The fraction of sp³-hybridized carbons (Fsp3) is 0.240. The second kappa shape index (κ2) is 7.16. The summed E-state index contributed by atoms with van der Waals surface area (Å²) in [5.41, 5.74) is 6.05. The van der Waals surface area contributed by atoms with Crippen molar-refractivity contribution in [2.45, 2.75) is 32.6 Å². The summed E-state index contributed by atoms with van der Waals surface area (Å²) in [6.45, 7) is 7.15. The average Bonchev–Trinajstić information content (AvgIpc) is 3.02. The Morgan fingerprint density at radius 2 is 1.89 bits per heavy atom. The van der Waals surface area contributed by atoms with Crippen molar-refractivity contribution >= 4 is 12.2 Å². The second-order valence-electron chi connectivity index (χ2n) is 7.96. The molecule has 3 nitrogen and oxygen atoms in total. The third kappa shape index (κ3) is 3.40. The largest absolute Gasteiger partial charge is 0.492 e. The Balaban J connectivity index is 1.81. The van der Waals surface area contributed by atoms with Gasteiger partial charge in [-0.2, -0.15) is 0 Å². The van der Waals surface area contributed by atoms with Crippen molar-refractivity contribution < 1.29 is 4.74 Å². The molecule has 142 valence electrons. The van der Waals surface area contributed by atoms with Gasteiger partial charge in [-0.3, -0.25) is 4.79 Å². The molecule has 0 unspecified atom stereocenters. The lowest BCUT2D eigenvalue weighted by Crippen LogP contribution is -2.18. The van der Waals surface area contributed by atoms with Crippen LogP contribution < -0.4 is 10.3 Å². The first kappa shape index (κ1) is 18.3. The summed E-state index contributed by atoms with van der Waals surface area (Å²) < 4.78 is 6.05. The highest BCUT2D eigenvalue weighted by Crippen LogP contribution is 2.43. The summed E-state index contributed by atoms with van der Waals surface area (Å²) in [6, 6.07) is 16.4. The van der Waals surface area contributed by atoms with Gasteiger partial charge in [0.1, 0.15) is 5.75 Å². The van der Waals surface area contributed by atoms with Gasteiger partial charge < -0.3 is 9.72 Å². The molecule has 3 aromatic rings. The van der Waals surface area contributed by atoms with Crippen LogP contribution in [0.2, 0.25) is 0 Å². The Labute approximate surface area is 165 Å². The molecule has 0 saturated heterocycles. The molecule has 0 amide bonds. The minimum Gasteiger partial charge on any atom is -0.492 e. The third-order valence-electron chi connectivity index (χ3n) is 5.40. The summed E-state index contributed by atoms with van der Waals surface area (Å²) in [6.07, 6.45) is 6.88. The van der Waals surface area contributed by atoms with Crippen LogP contribution in [-0.2, 0) is 11.8 Å². The fourth-order valence-corrected chi connectivity index (χ4v) is 3.62. The number of nitrogens with one attached hydrogen (secondary N) is 1. The van der Waals surface area contributed by atoms with E-state index in [0.29, 0.717) is 12.2 Å². The molecule has 4 rings (SSSR count). The number of aromatic nitrogens is 1. The first-order valence-electron chi connectivity index (χ1n) is 9.74. The summed E-state index contributed by atoms with van der Waals surface area (Å²) in [7, 11) is 0. The molecule has 0 saturated carbocycles. The fourth-order valence-electron chi connectivity index (χ4n) is 3.62. The summed E-state index contributed by atoms with van der Waals surface area (Å²) in [5, 5.41) is 0. The Hall–Kier alpha value is -3.07. The van der Waals surface area contributed by atoms with Crippen LogP contribution in [0, 0.1) is 0 Å². The van der Waals surface area contributed by atoms with Crippen LogP contribution in [0.5, 0.6) is 5.75 Å². The quantitative estimate of drug-likeness (QED) is 0.620. The molecule has 2 heterocycles. The Kier molecular flexibility index (Phi) is 4.68. The smallest absolute Gasteiger partial charge is 0.255 e. The van der Waals surface area contributed by atoms with Crippen LogP contribution in [0.4, 0.5) is 0 Å². The van der Waals surface area contributed by atoms with Crippen LogP contribution >= 0.6 is 0 Å². The van der Waals surface area contributed by atoms with E-state index in [0.717, 1.165) is 34.4 Å². The van der Waals surface area contributed by atoms with Crippen LogP contribution in [0.15, 0.2) is 59.5 Å². The topological polar surface area (TPSA) is 42.1 Å². The second-order valence-corrected chi connectivity index (χ2v) is 7.96. The molecule has 0 spiro atoms. The molecular weight excluding hydrogens is 346 g/mol. The van der Waals surface area contributed by atoms with Gasteiger partial charge in [0.15, 0.2) is 0 Å². The summed E-state index contributed by atoms with van der Waals surface area (Å²) in [4.78, 5) is 15.1. The molecule has 3 heteroatoms. The van der Waals surface area contributed by atoms with Gasteiger partial charge in [-0.1, -0.05) is 57.2 Å². The zero-order valence-electron chi connectivity index (χ0n) is 16.6. The number of aromatic amines is 1. The van der Waals surface area contributed by atoms with Crippen LogP contribution in [0.25, 0.3) is 23.3 Å². The van der Waals surface area contributed by atoms with Gasteiger partial charge in [-0.15, -0.1) is 0 Å². The van der Waals surface area contributed by atoms with Crippen molar-refractivity contribution in [1.82, 2.24) is 4.98 Å². The predicted molar refractivity (Wildman–Crippen MR) is 116 cm³/mol. The lowest BCUT2D eigenvalue weighted by atomic mass is 9.84. The van der Waals surface area contributed by atoms with Crippen molar-refractivity contribution in [3.05, 3.63) is 87.3 Å². The van der Waals surface area contributed by atoms with E-state index >= 15 is 0 Å². The zero-order chi connectivity index (χ0) is 19.7. The first-order valence-corrected chi connectivity index (χ1v) is 9.74. The summed E-state index contributed by atoms with van der Waals surface area (Å²) >= 11 is 0. The van der Waals surface area contributed by atoms with Gasteiger partial charge in [-0.25, -0.2) is 0 Å². The van der Waals surface area contributed by atoms with E-state index in [-0.39, 0.29) is 11.0 Å². The number of ether oxygens (including phenoxy) is 1. The Bertz CT molecular complexity index is 1090. The number of rotatable bonds is 4. The molecule has 28 heavy (non-hydrogen) atoms. The molecule has 0 radical (unpaired) electrons. The van der Waals surface area contributed by atoms with Gasteiger partial charge in [-0.05, 0) is 47.4 Å². The van der Waals surface area contributed by atoms with Crippen LogP contribution in [-0.4, -0.2) is 11.6 Å². The molecule has 0 bridgehead atoms. The number of hydrogen-bond acceptors (Lipinski definition) is 2. The number of fused-ring (bicyclic) bond motifs is 1. The predicted octanol–water partition coefficient (Wildman–Crippen LogP) is 5.44. The van der Waals surface area contributed by atoms with E-state index in [1.54, 1.807) is 6.20 Å². The maximum absolute atomic E-state index is 12.3. The zero-order valence-corrected chi connectivity index (χ0v) is 16.6. The van der Waals surface area contributed by atoms with E-state index in [2.05, 4.69) is 68.2 Å². The molecule has 0 fully saturated rings. The number of H-pyrrole nitrogens is 1. The Morgan fingerprint density at radius 1 is 1.11 bits per heavy atom. The highest BCUT2D eigenvalue weighted by atomic mass is 16.5. The molecule has 1 N–H and O–H groups in total. The van der Waals surface area contributed by atoms with Crippen molar-refractivity contribution in [2.75, 3.05) is 6.61 Å². The van der Waals surface area contributed by atoms with E-state index in [1.807, 2.05) is 18.2 Å². The van der Waals surface area contributed by atoms with Crippen molar-refractivity contribution in [3.63, 3.8) is 0 Å². The molecular formula is C25H25NO2. The SMILES string of the molecule is CCc1ccc(C=Cc2cc(-c3ccc[nH]c3=O)cc3c2OCC3(C)C)cc1. The van der Waals surface area contributed by atoms with E-state index in [9.17, 15) is 4.79 Å². The molecule has 1 aromatic heterocycles.